The number of aromatic nitrogens is 4. The van der Waals surface area contributed by atoms with Gasteiger partial charge in [-0.05, 0) is 57.0 Å². The number of rotatable bonds is 5. The fraction of sp³-hybridized carbons (Fsp3) is 0.417. The Morgan fingerprint density at radius 3 is 2.84 bits per heavy atom. The van der Waals surface area contributed by atoms with Crippen LogP contribution in [0.2, 0.25) is 0 Å². The summed E-state index contributed by atoms with van der Waals surface area (Å²) in [5, 5.41) is 15.2. The van der Waals surface area contributed by atoms with Crippen LogP contribution in [0.1, 0.15) is 19.7 Å². The summed E-state index contributed by atoms with van der Waals surface area (Å²) in [5.74, 6) is 1.39. The Kier molecular flexibility index (Phi) is 5.06. The predicted octanol–water partition coefficient (Wildman–Crippen LogP) is 2.93. The number of nitrogens with zero attached hydrogens (tertiary/aromatic N) is 4. The van der Waals surface area contributed by atoms with Crippen molar-refractivity contribution in [2.24, 2.45) is 5.92 Å². The Morgan fingerprint density at radius 1 is 1.32 bits per heavy atom. The van der Waals surface area contributed by atoms with Gasteiger partial charge in [-0.2, -0.15) is 4.68 Å². The van der Waals surface area contributed by atoms with Crippen molar-refractivity contribution in [2.75, 3.05) is 6.54 Å². The summed E-state index contributed by atoms with van der Waals surface area (Å²) in [7, 11) is 0. The Hall–Kier alpha value is -0.790. The van der Waals surface area contributed by atoms with E-state index in [2.05, 4.69) is 66.5 Å². The van der Waals surface area contributed by atoms with Gasteiger partial charge in [0.05, 0.1) is 12.2 Å². The van der Waals surface area contributed by atoms with Crippen molar-refractivity contribution in [1.82, 2.24) is 25.5 Å². The zero-order chi connectivity index (χ0) is 13.8. The van der Waals surface area contributed by atoms with E-state index in [4.69, 9.17) is 0 Å². The average Bonchev–Trinajstić information content (AvgIpc) is 2.80. The Morgan fingerprint density at radius 2 is 2.11 bits per heavy atom. The van der Waals surface area contributed by atoms with Crippen molar-refractivity contribution in [3.05, 3.63) is 33.0 Å². The molecular formula is C12H15Br2N5. The van der Waals surface area contributed by atoms with E-state index in [1.165, 1.54) is 0 Å². The first-order valence-electron chi connectivity index (χ1n) is 6.01. The van der Waals surface area contributed by atoms with Crippen LogP contribution in [0.15, 0.2) is 27.1 Å². The SMILES string of the molecule is CC(C)CNCc1nnnn1-c1cc(Br)ccc1Br. The van der Waals surface area contributed by atoms with Crippen molar-refractivity contribution in [1.29, 1.82) is 0 Å². The van der Waals surface area contributed by atoms with Gasteiger partial charge in [-0.3, -0.25) is 0 Å². The molecule has 0 aliphatic carbocycles. The van der Waals surface area contributed by atoms with E-state index in [1.54, 1.807) is 4.68 Å². The van der Waals surface area contributed by atoms with Crippen molar-refractivity contribution >= 4 is 31.9 Å². The molecule has 0 amide bonds. The molecule has 102 valence electrons. The lowest BCUT2D eigenvalue weighted by Gasteiger charge is -2.09. The summed E-state index contributed by atoms with van der Waals surface area (Å²) in [6.45, 7) is 5.92. The van der Waals surface area contributed by atoms with Crippen LogP contribution in [0.25, 0.3) is 5.69 Å². The van der Waals surface area contributed by atoms with Gasteiger partial charge in [0.25, 0.3) is 0 Å². The molecule has 1 N–H and O–H groups in total. The van der Waals surface area contributed by atoms with Gasteiger partial charge in [0.15, 0.2) is 5.82 Å². The lowest BCUT2D eigenvalue weighted by atomic mass is 10.2. The van der Waals surface area contributed by atoms with Crippen molar-refractivity contribution in [2.45, 2.75) is 20.4 Å². The van der Waals surface area contributed by atoms with Gasteiger partial charge >= 0.3 is 0 Å². The molecule has 5 nitrogen and oxygen atoms in total. The molecule has 0 bridgehead atoms. The van der Waals surface area contributed by atoms with Crippen molar-refractivity contribution in [3.63, 3.8) is 0 Å². The van der Waals surface area contributed by atoms with E-state index < -0.39 is 0 Å². The fourth-order valence-corrected chi connectivity index (χ4v) is 2.39. The van der Waals surface area contributed by atoms with Crippen LogP contribution in [0, 0.1) is 5.92 Å². The zero-order valence-electron chi connectivity index (χ0n) is 10.8. The third-order valence-corrected chi connectivity index (χ3v) is 3.67. The molecule has 1 aromatic heterocycles. The van der Waals surface area contributed by atoms with Gasteiger partial charge in [0.2, 0.25) is 0 Å². The molecule has 0 spiro atoms. The van der Waals surface area contributed by atoms with Gasteiger partial charge < -0.3 is 5.32 Å². The van der Waals surface area contributed by atoms with E-state index in [0.29, 0.717) is 12.5 Å². The van der Waals surface area contributed by atoms with Crippen LogP contribution in [-0.4, -0.2) is 26.8 Å². The molecule has 0 fully saturated rings. The van der Waals surface area contributed by atoms with E-state index in [1.807, 2.05) is 18.2 Å². The van der Waals surface area contributed by atoms with E-state index >= 15 is 0 Å². The molecule has 0 saturated carbocycles. The first-order chi connectivity index (χ1) is 9.08. The number of benzene rings is 1. The van der Waals surface area contributed by atoms with Gasteiger partial charge in [0.1, 0.15) is 0 Å². The number of hydrogen-bond acceptors (Lipinski definition) is 4. The monoisotopic (exact) mass is 387 g/mol. The molecule has 0 saturated heterocycles. The quantitative estimate of drug-likeness (QED) is 0.855. The molecule has 1 heterocycles. The molecule has 2 aromatic rings. The molecule has 2 rings (SSSR count). The summed E-state index contributed by atoms with van der Waals surface area (Å²) >= 11 is 6.98. The van der Waals surface area contributed by atoms with E-state index in [9.17, 15) is 0 Å². The van der Waals surface area contributed by atoms with Crippen LogP contribution in [0.5, 0.6) is 0 Å². The highest BCUT2D eigenvalue weighted by atomic mass is 79.9. The number of tetrazole rings is 1. The van der Waals surface area contributed by atoms with E-state index in [-0.39, 0.29) is 0 Å². The third-order valence-electron chi connectivity index (χ3n) is 2.51. The van der Waals surface area contributed by atoms with Crippen LogP contribution >= 0.6 is 31.9 Å². The predicted molar refractivity (Wildman–Crippen MR) is 81.1 cm³/mol. The molecular weight excluding hydrogens is 374 g/mol. The highest BCUT2D eigenvalue weighted by molar-refractivity contribution is 9.11. The molecule has 7 heteroatoms. The third kappa shape index (κ3) is 3.84. The molecule has 0 unspecified atom stereocenters. The first kappa shape index (κ1) is 14.6. The Bertz CT molecular complexity index is 553. The maximum atomic E-state index is 4.06. The molecule has 19 heavy (non-hydrogen) atoms. The minimum atomic E-state index is 0.599. The first-order valence-corrected chi connectivity index (χ1v) is 7.60. The summed E-state index contributed by atoms with van der Waals surface area (Å²) in [5.41, 5.74) is 0.917. The molecule has 0 aliphatic rings. The fourth-order valence-electron chi connectivity index (χ4n) is 1.62. The van der Waals surface area contributed by atoms with Crippen LogP contribution < -0.4 is 5.32 Å². The second kappa shape index (κ2) is 6.58. The summed E-state index contributed by atoms with van der Waals surface area (Å²) in [4.78, 5) is 0. The van der Waals surface area contributed by atoms with Gasteiger partial charge in [0, 0.05) is 8.95 Å². The number of hydrogen-bond donors (Lipinski definition) is 1. The second-order valence-corrected chi connectivity index (χ2v) is 6.40. The average molecular weight is 389 g/mol. The van der Waals surface area contributed by atoms with Crippen LogP contribution in [-0.2, 0) is 6.54 Å². The number of nitrogens with one attached hydrogen (secondary N) is 1. The van der Waals surface area contributed by atoms with Gasteiger partial charge in [-0.1, -0.05) is 29.8 Å². The molecule has 0 aliphatic heterocycles. The smallest absolute Gasteiger partial charge is 0.170 e. The highest BCUT2D eigenvalue weighted by Gasteiger charge is 2.11. The van der Waals surface area contributed by atoms with E-state index in [0.717, 1.165) is 27.0 Å². The maximum Gasteiger partial charge on any atom is 0.170 e. The summed E-state index contributed by atoms with van der Waals surface area (Å²) in [6, 6.07) is 5.91. The largest absolute Gasteiger partial charge is 0.310 e. The zero-order valence-corrected chi connectivity index (χ0v) is 13.9. The second-order valence-electron chi connectivity index (χ2n) is 4.63. The summed E-state index contributed by atoms with van der Waals surface area (Å²) < 4.78 is 3.68. The minimum Gasteiger partial charge on any atom is -0.310 e. The minimum absolute atomic E-state index is 0.599. The van der Waals surface area contributed by atoms with Gasteiger partial charge in [-0.15, -0.1) is 5.10 Å². The van der Waals surface area contributed by atoms with Gasteiger partial charge in [-0.25, -0.2) is 0 Å². The normalized spacial score (nSPS) is 11.2. The molecule has 0 radical (unpaired) electrons. The molecule has 1 aromatic carbocycles. The van der Waals surface area contributed by atoms with Crippen LogP contribution in [0.4, 0.5) is 0 Å². The Labute approximate surface area is 129 Å². The lowest BCUT2D eigenvalue weighted by molar-refractivity contribution is 0.537. The maximum absolute atomic E-state index is 4.06. The van der Waals surface area contributed by atoms with Crippen molar-refractivity contribution < 1.29 is 0 Å². The lowest BCUT2D eigenvalue weighted by Crippen LogP contribution is -2.21. The number of halogens is 2. The highest BCUT2D eigenvalue weighted by Crippen LogP contribution is 2.24. The van der Waals surface area contributed by atoms with Crippen LogP contribution in [0.3, 0.4) is 0 Å². The Balaban J connectivity index is 2.21. The van der Waals surface area contributed by atoms with Crippen molar-refractivity contribution in [3.8, 4) is 5.69 Å². The molecule has 0 atom stereocenters. The topological polar surface area (TPSA) is 55.6 Å². The summed E-state index contributed by atoms with van der Waals surface area (Å²) in [6.07, 6.45) is 0. The standard InChI is InChI=1S/C12H15Br2N5/c1-8(2)6-15-7-12-16-17-18-19(12)11-5-9(13)3-4-10(11)14/h3-5,8,15H,6-7H2,1-2H3.